The first-order chi connectivity index (χ1) is 12.4. The second-order valence-electron chi connectivity index (χ2n) is 6.44. The molecule has 0 radical (unpaired) electrons. The molecule has 2 aromatic heterocycles. The molecule has 26 heavy (non-hydrogen) atoms. The molecule has 0 spiro atoms. The van der Waals surface area contributed by atoms with Crippen molar-refractivity contribution in [3.63, 3.8) is 0 Å². The average molecular weight is 412 g/mol. The summed E-state index contributed by atoms with van der Waals surface area (Å²) >= 11 is 13.5. The van der Waals surface area contributed by atoms with E-state index in [0.717, 1.165) is 35.0 Å². The normalized spacial score (nSPS) is 14.8. The summed E-state index contributed by atoms with van der Waals surface area (Å²) in [5, 5.41) is 4.35. The molecule has 8 heteroatoms. The fraction of sp³-hybridized carbons (Fsp3) is 0.333. The van der Waals surface area contributed by atoms with Crippen LogP contribution < -0.4 is 10.9 Å². The van der Waals surface area contributed by atoms with Crippen LogP contribution in [0.4, 0.5) is 4.39 Å². The number of nitrogens with zero attached hydrogens (tertiary/aromatic N) is 1. The second kappa shape index (κ2) is 6.93. The maximum Gasteiger partial charge on any atom is 0.259 e. The van der Waals surface area contributed by atoms with Gasteiger partial charge in [0.15, 0.2) is 0 Å². The fourth-order valence-corrected chi connectivity index (χ4v) is 5.19. The van der Waals surface area contributed by atoms with Crippen molar-refractivity contribution >= 4 is 44.8 Å². The summed E-state index contributed by atoms with van der Waals surface area (Å²) in [7, 11) is 0. The summed E-state index contributed by atoms with van der Waals surface area (Å²) < 4.78 is 13.7. The smallest absolute Gasteiger partial charge is 0.259 e. The number of benzene rings is 1. The second-order valence-corrected chi connectivity index (χ2v) is 8.34. The first kappa shape index (κ1) is 17.9. The highest BCUT2D eigenvalue weighted by Crippen LogP contribution is 2.34. The highest BCUT2D eigenvalue weighted by molar-refractivity contribution is 7.18. The SMILES string of the molecule is C[C@@H](NCc1nc2sc3c(c2c(=O)[nH]1)CCC3)c1cc(F)c(Cl)cc1Cl. The van der Waals surface area contributed by atoms with Crippen LogP contribution in [-0.4, -0.2) is 9.97 Å². The number of thiophene rings is 1. The van der Waals surface area contributed by atoms with Gasteiger partial charge in [-0.05, 0) is 49.4 Å². The molecule has 1 atom stereocenters. The lowest BCUT2D eigenvalue weighted by Crippen LogP contribution is -2.22. The predicted octanol–water partition coefficient (Wildman–Crippen LogP) is 4.77. The summed E-state index contributed by atoms with van der Waals surface area (Å²) in [4.78, 5) is 22.0. The minimum Gasteiger partial charge on any atom is -0.309 e. The summed E-state index contributed by atoms with van der Waals surface area (Å²) in [5.41, 5.74) is 1.68. The number of aryl methyl sites for hydroxylation is 2. The van der Waals surface area contributed by atoms with Gasteiger partial charge in [0.2, 0.25) is 0 Å². The van der Waals surface area contributed by atoms with Gasteiger partial charge in [0.25, 0.3) is 5.56 Å². The molecular weight excluding hydrogens is 396 g/mol. The predicted molar refractivity (Wildman–Crippen MR) is 104 cm³/mol. The van der Waals surface area contributed by atoms with Crippen LogP contribution in [0.15, 0.2) is 16.9 Å². The number of H-pyrrole nitrogens is 1. The summed E-state index contributed by atoms with van der Waals surface area (Å²) in [5.74, 6) is 0.0422. The van der Waals surface area contributed by atoms with Crippen molar-refractivity contribution < 1.29 is 4.39 Å². The van der Waals surface area contributed by atoms with E-state index >= 15 is 0 Å². The van der Waals surface area contributed by atoms with E-state index in [1.165, 1.54) is 17.0 Å². The minimum absolute atomic E-state index is 0.00635. The van der Waals surface area contributed by atoms with Crippen molar-refractivity contribution in [1.29, 1.82) is 0 Å². The molecule has 0 amide bonds. The molecule has 0 fully saturated rings. The van der Waals surface area contributed by atoms with Gasteiger partial charge >= 0.3 is 0 Å². The van der Waals surface area contributed by atoms with Gasteiger partial charge in [0.05, 0.1) is 17.0 Å². The largest absolute Gasteiger partial charge is 0.309 e. The number of halogens is 3. The van der Waals surface area contributed by atoms with Crippen molar-refractivity contribution in [3.8, 4) is 0 Å². The van der Waals surface area contributed by atoms with E-state index in [4.69, 9.17) is 23.2 Å². The van der Waals surface area contributed by atoms with Gasteiger partial charge in [0, 0.05) is 15.9 Å². The van der Waals surface area contributed by atoms with Gasteiger partial charge < -0.3 is 10.3 Å². The van der Waals surface area contributed by atoms with Gasteiger partial charge in [-0.25, -0.2) is 9.37 Å². The first-order valence-electron chi connectivity index (χ1n) is 8.35. The quantitative estimate of drug-likeness (QED) is 0.607. The van der Waals surface area contributed by atoms with E-state index in [1.807, 2.05) is 6.92 Å². The Bertz CT molecular complexity index is 1060. The molecule has 0 saturated carbocycles. The molecule has 3 aromatic rings. The first-order valence-corrected chi connectivity index (χ1v) is 9.92. The van der Waals surface area contributed by atoms with Crippen molar-refractivity contribution in [1.82, 2.24) is 15.3 Å². The molecule has 0 unspecified atom stereocenters. The van der Waals surface area contributed by atoms with Crippen LogP contribution in [0.1, 0.15) is 41.2 Å². The average Bonchev–Trinajstić information content (AvgIpc) is 3.16. The molecule has 2 N–H and O–H groups in total. The molecule has 1 aromatic carbocycles. The Labute approximate surface area is 163 Å². The van der Waals surface area contributed by atoms with Crippen molar-refractivity contribution in [3.05, 3.63) is 60.2 Å². The maximum absolute atomic E-state index is 13.7. The molecule has 0 saturated heterocycles. The van der Waals surface area contributed by atoms with Gasteiger partial charge in [-0.2, -0.15) is 0 Å². The van der Waals surface area contributed by atoms with Crippen LogP contribution in [0.2, 0.25) is 10.0 Å². The number of aromatic nitrogens is 2. The summed E-state index contributed by atoms with van der Waals surface area (Å²) in [6.45, 7) is 2.21. The maximum atomic E-state index is 13.7. The highest BCUT2D eigenvalue weighted by atomic mass is 35.5. The van der Waals surface area contributed by atoms with Gasteiger partial charge in [-0.3, -0.25) is 4.79 Å². The Morgan fingerprint density at radius 1 is 1.35 bits per heavy atom. The van der Waals surface area contributed by atoms with Gasteiger partial charge in [-0.15, -0.1) is 11.3 Å². The van der Waals surface area contributed by atoms with E-state index in [9.17, 15) is 9.18 Å². The molecule has 1 aliphatic rings. The lowest BCUT2D eigenvalue weighted by molar-refractivity contribution is 0.553. The Balaban J connectivity index is 1.56. The lowest BCUT2D eigenvalue weighted by atomic mass is 10.1. The third-order valence-electron chi connectivity index (χ3n) is 4.71. The zero-order chi connectivity index (χ0) is 18.4. The van der Waals surface area contributed by atoms with E-state index < -0.39 is 5.82 Å². The number of aromatic amines is 1. The zero-order valence-electron chi connectivity index (χ0n) is 14.0. The van der Waals surface area contributed by atoms with E-state index in [2.05, 4.69) is 15.3 Å². The van der Waals surface area contributed by atoms with Crippen LogP contribution in [0.25, 0.3) is 10.2 Å². The van der Waals surface area contributed by atoms with Crippen LogP contribution in [0, 0.1) is 5.82 Å². The third-order valence-corrected chi connectivity index (χ3v) is 6.51. The molecular formula is C18H16Cl2FN3OS. The van der Waals surface area contributed by atoms with Crippen LogP contribution in [-0.2, 0) is 19.4 Å². The third kappa shape index (κ3) is 3.16. The van der Waals surface area contributed by atoms with Crippen LogP contribution in [0.3, 0.4) is 0 Å². The van der Waals surface area contributed by atoms with Gasteiger partial charge in [-0.1, -0.05) is 23.2 Å². The molecule has 136 valence electrons. The Morgan fingerprint density at radius 2 is 2.15 bits per heavy atom. The fourth-order valence-electron chi connectivity index (χ4n) is 3.36. The van der Waals surface area contributed by atoms with Crippen molar-refractivity contribution in [2.75, 3.05) is 0 Å². The van der Waals surface area contributed by atoms with Crippen LogP contribution in [0.5, 0.6) is 0 Å². The highest BCUT2D eigenvalue weighted by Gasteiger charge is 2.21. The van der Waals surface area contributed by atoms with Gasteiger partial charge in [0.1, 0.15) is 16.5 Å². The molecule has 2 heterocycles. The van der Waals surface area contributed by atoms with E-state index in [0.29, 0.717) is 23.0 Å². The molecule has 4 nitrogen and oxygen atoms in total. The number of rotatable bonds is 4. The standard InChI is InChI=1S/C18H16Cl2FN3OS/c1-8(10-5-13(21)12(20)6-11(10)19)22-7-15-23-17(25)16-9-3-2-4-14(9)26-18(16)24-15/h5-6,8,22H,2-4,7H2,1H3,(H,23,24,25)/t8-/m1/s1. The minimum atomic E-state index is -0.513. The Hall–Kier alpha value is -1.47. The number of nitrogens with one attached hydrogen (secondary N) is 2. The summed E-state index contributed by atoms with van der Waals surface area (Å²) in [6.07, 6.45) is 3.09. The van der Waals surface area contributed by atoms with Crippen molar-refractivity contribution in [2.45, 2.75) is 38.8 Å². The topological polar surface area (TPSA) is 57.8 Å². The molecule has 4 rings (SSSR count). The van der Waals surface area contributed by atoms with Crippen LogP contribution >= 0.6 is 34.5 Å². The monoisotopic (exact) mass is 411 g/mol. The Kier molecular flexibility index (Phi) is 4.77. The Morgan fingerprint density at radius 3 is 2.96 bits per heavy atom. The number of fused-ring (bicyclic) bond motifs is 3. The zero-order valence-corrected chi connectivity index (χ0v) is 16.3. The number of hydrogen-bond donors (Lipinski definition) is 2. The number of hydrogen-bond acceptors (Lipinski definition) is 4. The lowest BCUT2D eigenvalue weighted by Gasteiger charge is -2.16. The van der Waals surface area contributed by atoms with Crippen molar-refractivity contribution in [2.24, 2.45) is 0 Å². The van der Waals surface area contributed by atoms with E-state index in [-0.39, 0.29) is 16.6 Å². The van der Waals surface area contributed by atoms with E-state index in [1.54, 1.807) is 11.3 Å². The summed E-state index contributed by atoms with van der Waals surface area (Å²) in [6, 6.07) is 2.49. The molecule has 0 bridgehead atoms. The molecule has 0 aliphatic heterocycles. The molecule has 1 aliphatic carbocycles.